The summed E-state index contributed by atoms with van der Waals surface area (Å²) >= 11 is 2.05. The minimum atomic E-state index is -0.440. The van der Waals surface area contributed by atoms with E-state index >= 15 is 0 Å². The van der Waals surface area contributed by atoms with Crippen LogP contribution < -0.4 is 5.32 Å². The number of hydrogen-bond acceptors (Lipinski definition) is 3. The predicted molar refractivity (Wildman–Crippen MR) is 91.9 cm³/mol. The Morgan fingerprint density at radius 2 is 2.05 bits per heavy atom. The first-order valence-electron chi connectivity index (χ1n) is 7.68. The van der Waals surface area contributed by atoms with Gasteiger partial charge in [0.05, 0.1) is 6.10 Å². The summed E-state index contributed by atoms with van der Waals surface area (Å²) in [6, 6.07) is 14.5. The molecule has 2 nitrogen and oxygen atoms in total. The fourth-order valence-corrected chi connectivity index (χ4v) is 4.26. The third-order valence-electron chi connectivity index (χ3n) is 4.30. The molecule has 3 heteroatoms. The molecular formula is C18H23NOS. The van der Waals surface area contributed by atoms with Gasteiger partial charge in [-0.05, 0) is 47.9 Å². The molecule has 1 heterocycles. The molecule has 0 radical (unpaired) electrons. The molecule has 1 aliphatic heterocycles. The zero-order chi connectivity index (χ0) is 14.7. The van der Waals surface area contributed by atoms with Crippen molar-refractivity contribution in [2.75, 3.05) is 18.8 Å². The van der Waals surface area contributed by atoms with Crippen LogP contribution in [0.1, 0.15) is 31.4 Å². The fourth-order valence-electron chi connectivity index (χ4n) is 2.98. The Hall–Kier alpha value is -1.03. The zero-order valence-corrected chi connectivity index (χ0v) is 13.3. The summed E-state index contributed by atoms with van der Waals surface area (Å²) in [5.41, 5.74) is 0.991. The fraction of sp³-hybridized carbons (Fsp3) is 0.444. The molecule has 0 aromatic heterocycles. The first-order valence-corrected chi connectivity index (χ1v) is 8.66. The van der Waals surface area contributed by atoms with Crippen LogP contribution >= 0.6 is 11.8 Å². The van der Waals surface area contributed by atoms with Crippen LogP contribution in [0, 0.1) is 0 Å². The summed E-state index contributed by atoms with van der Waals surface area (Å²) in [6.07, 6.45) is 2.15. The maximum Gasteiger partial charge on any atom is 0.0914 e. The van der Waals surface area contributed by atoms with E-state index in [2.05, 4.69) is 36.5 Å². The number of nitrogens with one attached hydrogen (secondary N) is 1. The summed E-state index contributed by atoms with van der Waals surface area (Å²) in [7, 11) is 0. The van der Waals surface area contributed by atoms with Crippen LogP contribution in [0.15, 0.2) is 42.5 Å². The van der Waals surface area contributed by atoms with Gasteiger partial charge in [0.25, 0.3) is 0 Å². The summed E-state index contributed by atoms with van der Waals surface area (Å²) in [5.74, 6) is 1.27. The summed E-state index contributed by atoms with van der Waals surface area (Å²) in [6.45, 7) is 3.91. The van der Waals surface area contributed by atoms with Gasteiger partial charge in [-0.25, -0.2) is 0 Å². The van der Waals surface area contributed by atoms with Gasteiger partial charge in [0, 0.05) is 17.8 Å². The molecule has 2 unspecified atom stereocenters. The monoisotopic (exact) mass is 301 g/mol. The normalized spacial score (nSPS) is 23.5. The van der Waals surface area contributed by atoms with E-state index < -0.39 is 6.10 Å². The quantitative estimate of drug-likeness (QED) is 0.882. The molecule has 2 aromatic carbocycles. The molecule has 21 heavy (non-hydrogen) atoms. The molecule has 0 bridgehead atoms. The zero-order valence-electron chi connectivity index (χ0n) is 12.5. The molecule has 2 aromatic rings. The van der Waals surface area contributed by atoms with Crippen molar-refractivity contribution >= 4 is 22.5 Å². The Balaban J connectivity index is 1.60. The van der Waals surface area contributed by atoms with Gasteiger partial charge >= 0.3 is 0 Å². The minimum Gasteiger partial charge on any atom is -0.387 e. The van der Waals surface area contributed by atoms with E-state index in [1.807, 2.05) is 30.0 Å². The summed E-state index contributed by atoms with van der Waals surface area (Å²) < 4.78 is 0.350. The Labute approximate surface area is 130 Å². The molecule has 0 spiro atoms. The number of aliphatic hydroxyl groups is 1. The second-order valence-electron chi connectivity index (χ2n) is 6.16. The van der Waals surface area contributed by atoms with Crippen LogP contribution in [0.5, 0.6) is 0 Å². The second-order valence-corrected chi connectivity index (χ2v) is 7.84. The van der Waals surface area contributed by atoms with Crippen molar-refractivity contribution in [2.45, 2.75) is 30.6 Å². The van der Waals surface area contributed by atoms with E-state index in [0.29, 0.717) is 11.3 Å². The Kier molecular flexibility index (Phi) is 4.53. The van der Waals surface area contributed by atoms with Crippen molar-refractivity contribution in [3.05, 3.63) is 48.0 Å². The van der Waals surface area contributed by atoms with Crippen LogP contribution in [0.4, 0.5) is 0 Å². The van der Waals surface area contributed by atoms with Crippen LogP contribution in [0.2, 0.25) is 0 Å². The summed E-state index contributed by atoms with van der Waals surface area (Å²) in [5, 5.41) is 16.2. The van der Waals surface area contributed by atoms with Gasteiger partial charge in [-0.15, -0.1) is 0 Å². The summed E-state index contributed by atoms with van der Waals surface area (Å²) in [4.78, 5) is 0. The SMILES string of the molecule is CC1(CNCC(O)c2ccc3ccccc3c2)CCCS1. The number of hydrogen-bond donors (Lipinski definition) is 2. The molecule has 1 saturated heterocycles. The third-order valence-corrected chi connectivity index (χ3v) is 5.83. The van der Waals surface area contributed by atoms with Crippen molar-refractivity contribution in [3.63, 3.8) is 0 Å². The van der Waals surface area contributed by atoms with E-state index in [-0.39, 0.29) is 0 Å². The lowest BCUT2D eigenvalue weighted by atomic mass is 10.0. The molecule has 2 atom stereocenters. The van der Waals surface area contributed by atoms with Crippen molar-refractivity contribution in [2.24, 2.45) is 0 Å². The van der Waals surface area contributed by atoms with E-state index in [0.717, 1.165) is 12.1 Å². The lowest BCUT2D eigenvalue weighted by Crippen LogP contribution is -2.35. The smallest absolute Gasteiger partial charge is 0.0914 e. The van der Waals surface area contributed by atoms with E-state index in [9.17, 15) is 5.11 Å². The average molecular weight is 301 g/mol. The number of aliphatic hydroxyl groups excluding tert-OH is 1. The number of thioether (sulfide) groups is 1. The Morgan fingerprint density at radius 1 is 1.24 bits per heavy atom. The lowest BCUT2D eigenvalue weighted by molar-refractivity contribution is 0.174. The largest absolute Gasteiger partial charge is 0.387 e. The second kappa shape index (κ2) is 6.39. The highest BCUT2D eigenvalue weighted by Gasteiger charge is 2.28. The number of benzene rings is 2. The van der Waals surface area contributed by atoms with E-state index in [1.54, 1.807) is 0 Å². The molecule has 3 rings (SSSR count). The Morgan fingerprint density at radius 3 is 2.81 bits per heavy atom. The first-order chi connectivity index (χ1) is 10.2. The van der Waals surface area contributed by atoms with Gasteiger partial charge in [-0.2, -0.15) is 11.8 Å². The number of rotatable bonds is 5. The third kappa shape index (κ3) is 3.60. The van der Waals surface area contributed by atoms with Crippen LogP contribution in [-0.4, -0.2) is 28.7 Å². The van der Waals surface area contributed by atoms with Crippen LogP contribution in [0.25, 0.3) is 10.8 Å². The highest BCUT2D eigenvalue weighted by Crippen LogP contribution is 2.37. The molecule has 1 aliphatic rings. The maximum atomic E-state index is 10.4. The highest BCUT2D eigenvalue weighted by atomic mass is 32.2. The standard InChI is InChI=1S/C18H23NOS/c1-18(9-4-10-21-18)13-19-12-17(20)16-8-7-14-5-2-3-6-15(14)11-16/h2-3,5-8,11,17,19-20H,4,9-10,12-13H2,1H3. The molecule has 0 amide bonds. The van der Waals surface area contributed by atoms with Gasteiger partial charge in [0.15, 0.2) is 0 Å². The highest BCUT2D eigenvalue weighted by molar-refractivity contribution is 8.00. The lowest BCUT2D eigenvalue weighted by Gasteiger charge is -2.24. The number of fused-ring (bicyclic) bond motifs is 1. The van der Waals surface area contributed by atoms with Crippen molar-refractivity contribution in [1.82, 2.24) is 5.32 Å². The van der Waals surface area contributed by atoms with Crippen molar-refractivity contribution in [1.29, 1.82) is 0 Å². The minimum absolute atomic E-state index is 0.350. The van der Waals surface area contributed by atoms with Crippen molar-refractivity contribution < 1.29 is 5.11 Å². The molecule has 2 N–H and O–H groups in total. The van der Waals surface area contributed by atoms with Gasteiger partial charge in [0.1, 0.15) is 0 Å². The Bertz CT molecular complexity index is 607. The molecule has 0 saturated carbocycles. The van der Waals surface area contributed by atoms with E-state index in [1.165, 1.54) is 29.4 Å². The molecule has 0 aliphatic carbocycles. The molecule has 112 valence electrons. The van der Waals surface area contributed by atoms with Crippen LogP contribution in [0.3, 0.4) is 0 Å². The van der Waals surface area contributed by atoms with Gasteiger partial charge in [0.2, 0.25) is 0 Å². The predicted octanol–water partition coefficient (Wildman–Crippen LogP) is 3.75. The van der Waals surface area contributed by atoms with E-state index in [4.69, 9.17) is 0 Å². The van der Waals surface area contributed by atoms with Gasteiger partial charge < -0.3 is 10.4 Å². The van der Waals surface area contributed by atoms with Crippen LogP contribution in [-0.2, 0) is 0 Å². The van der Waals surface area contributed by atoms with Crippen molar-refractivity contribution in [3.8, 4) is 0 Å². The molecular weight excluding hydrogens is 278 g/mol. The first kappa shape index (κ1) is 14.9. The van der Waals surface area contributed by atoms with Gasteiger partial charge in [-0.3, -0.25) is 0 Å². The van der Waals surface area contributed by atoms with Gasteiger partial charge in [-0.1, -0.05) is 36.4 Å². The maximum absolute atomic E-state index is 10.4. The average Bonchev–Trinajstić information content (AvgIpc) is 2.93. The molecule has 1 fully saturated rings. The topological polar surface area (TPSA) is 32.3 Å².